The van der Waals surface area contributed by atoms with Crippen molar-refractivity contribution < 1.29 is 31.8 Å². The third-order valence-corrected chi connectivity index (χ3v) is 6.97. The summed E-state index contributed by atoms with van der Waals surface area (Å²) in [6.07, 6.45) is 0.411. The number of alkyl halides is 3. The minimum absolute atomic E-state index is 0.00147. The molecule has 0 bridgehead atoms. The number of hydrogen-bond donors (Lipinski definition) is 0. The summed E-state index contributed by atoms with van der Waals surface area (Å²) >= 11 is 0. The predicted molar refractivity (Wildman–Crippen MR) is 107 cm³/mol. The fourth-order valence-electron chi connectivity index (χ4n) is 5.10. The number of benzene rings is 1. The van der Waals surface area contributed by atoms with Crippen LogP contribution in [0.4, 0.5) is 17.6 Å². The summed E-state index contributed by atoms with van der Waals surface area (Å²) in [4.78, 5) is 13.7. The molecular weight excluding hydrogens is 414 g/mol. The highest BCUT2D eigenvalue weighted by atomic mass is 19.4. The molecule has 2 aliphatic carbocycles. The van der Waals surface area contributed by atoms with E-state index < -0.39 is 23.4 Å². The molecule has 1 aromatic carbocycles. The van der Waals surface area contributed by atoms with Crippen LogP contribution in [-0.4, -0.2) is 49.9 Å². The molecule has 1 heterocycles. The Morgan fingerprint density at radius 1 is 1.16 bits per heavy atom. The molecule has 0 unspecified atom stereocenters. The van der Waals surface area contributed by atoms with Crippen molar-refractivity contribution in [2.24, 2.45) is 5.41 Å². The predicted octanol–water partition coefficient (Wildman–Crippen LogP) is 5.46. The number of carbonyl (C=O) groups excluding carboxylic acids is 1. The Kier molecular flexibility index (Phi) is 6.21. The second-order valence-electron chi connectivity index (χ2n) is 9.24. The van der Waals surface area contributed by atoms with Crippen LogP contribution in [0.2, 0.25) is 0 Å². The van der Waals surface area contributed by atoms with E-state index in [2.05, 4.69) is 4.74 Å². The van der Waals surface area contributed by atoms with E-state index in [0.717, 1.165) is 24.8 Å². The van der Waals surface area contributed by atoms with Gasteiger partial charge in [0.2, 0.25) is 0 Å². The van der Waals surface area contributed by atoms with Gasteiger partial charge in [-0.05, 0) is 62.6 Å². The molecule has 1 aliphatic heterocycles. The van der Waals surface area contributed by atoms with Gasteiger partial charge in [-0.15, -0.1) is 0 Å². The van der Waals surface area contributed by atoms with E-state index in [1.807, 2.05) is 4.90 Å². The van der Waals surface area contributed by atoms with E-state index >= 15 is 0 Å². The third kappa shape index (κ3) is 4.69. The lowest BCUT2D eigenvalue weighted by Crippen LogP contribution is -2.50. The monoisotopic (exact) mass is 443 g/mol. The van der Waals surface area contributed by atoms with E-state index in [0.29, 0.717) is 38.1 Å². The maximum Gasteiger partial charge on any atom is 0.395 e. The molecule has 3 aliphatic rings. The summed E-state index contributed by atoms with van der Waals surface area (Å²) in [5.74, 6) is -0.832. The Balaban J connectivity index is 1.48. The molecule has 172 valence electrons. The summed E-state index contributed by atoms with van der Waals surface area (Å²) in [6.45, 7) is 1.01. The SMILES string of the molecule is COC(=O)c1cc(C2CC2)c(O[C@@H]2CCCN(CC3(C(F)(F)F)CCCC3)C2)cc1F. The average molecular weight is 443 g/mol. The summed E-state index contributed by atoms with van der Waals surface area (Å²) in [7, 11) is 1.21. The number of rotatable bonds is 6. The van der Waals surface area contributed by atoms with Crippen molar-refractivity contribution in [3.63, 3.8) is 0 Å². The number of nitrogens with zero attached hydrogens (tertiary/aromatic N) is 1. The number of piperidine rings is 1. The van der Waals surface area contributed by atoms with Crippen LogP contribution in [-0.2, 0) is 4.74 Å². The van der Waals surface area contributed by atoms with Crippen molar-refractivity contribution in [1.82, 2.24) is 4.90 Å². The number of esters is 1. The van der Waals surface area contributed by atoms with Crippen molar-refractivity contribution in [1.29, 1.82) is 0 Å². The lowest BCUT2D eigenvalue weighted by atomic mass is 9.84. The van der Waals surface area contributed by atoms with Crippen LogP contribution in [0.1, 0.15) is 73.2 Å². The first-order chi connectivity index (χ1) is 14.7. The van der Waals surface area contributed by atoms with Crippen LogP contribution in [0.3, 0.4) is 0 Å². The molecule has 8 heteroatoms. The van der Waals surface area contributed by atoms with Gasteiger partial charge in [-0.1, -0.05) is 12.8 Å². The Hall–Kier alpha value is -1.83. The quantitative estimate of drug-likeness (QED) is 0.433. The Labute approximate surface area is 179 Å². The zero-order valence-corrected chi connectivity index (χ0v) is 17.8. The first-order valence-corrected chi connectivity index (χ1v) is 11.1. The van der Waals surface area contributed by atoms with E-state index in [1.165, 1.54) is 19.2 Å². The molecule has 0 spiro atoms. The second-order valence-corrected chi connectivity index (χ2v) is 9.24. The first kappa shape index (κ1) is 22.4. The second kappa shape index (κ2) is 8.60. The van der Waals surface area contributed by atoms with Crippen LogP contribution in [0.25, 0.3) is 0 Å². The Morgan fingerprint density at radius 3 is 2.48 bits per heavy atom. The van der Waals surface area contributed by atoms with E-state index in [-0.39, 0.29) is 37.0 Å². The van der Waals surface area contributed by atoms with Gasteiger partial charge in [-0.25, -0.2) is 9.18 Å². The number of likely N-dealkylation sites (tertiary alicyclic amines) is 1. The Bertz CT molecular complexity index is 816. The van der Waals surface area contributed by atoms with Crippen molar-refractivity contribution in [2.45, 2.75) is 69.6 Å². The highest BCUT2D eigenvalue weighted by molar-refractivity contribution is 5.90. The van der Waals surface area contributed by atoms with Crippen LogP contribution in [0.15, 0.2) is 12.1 Å². The minimum atomic E-state index is -4.21. The normalized spacial score (nSPS) is 24.2. The largest absolute Gasteiger partial charge is 0.489 e. The smallest absolute Gasteiger partial charge is 0.395 e. The summed E-state index contributed by atoms with van der Waals surface area (Å²) in [6, 6.07) is 2.74. The molecule has 4 nitrogen and oxygen atoms in total. The van der Waals surface area contributed by atoms with Gasteiger partial charge in [-0.2, -0.15) is 13.2 Å². The lowest BCUT2D eigenvalue weighted by molar-refractivity contribution is -0.229. The van der Waals surface area contributed by atoms with E-state index in [9.17, 15) is 22.4 Å². The average Bonchev–Trinajstić information content (AvgIpc) is 3.44. The molecule has 0 radical (unpaired) electrons. The standard InChI is InChI=1S/C23H29F4NO3/c1-30-21(29)18-11-17(15-6-7-15)20(12-19(18)24)31-16-5-4-10-28(13-16)14-22(23(25,26)27)8-2-3-9-22/h11-12,15-16H,2-10,13-14H2,1H3/t16-/m1/s1. The van der Waals surface area contributed by atoms with Gasteiger partial charge >= 0.3 is 12.1 Å². The van der Waals surface area contributed by atoms with Crippen molar-refractivity contribution in [3.8, 4) is 5.75 Å². The maximum absolute atomic E-state index is 14.5. The van der Waals surface area contributed by atoms with Crippen LogP contribution in [0, 0.1) is 11.2 Å². The van der Waals surface area contributed by atoms with Crippen molar-refractivity contribution in [2.75, 3.05) is 26.7 Å². The molecular formula is C23H29F4NO3. The molecule has 0 amide bonds. The number of carbonyl (C=O) groups is 1. The molecule has 1 atom stereocenters. The highest BCUT2D eigenvalue weighted by Crippen LogP contribution is 2.51. The van der Waals surface area contributed by atoms with Crippen LogP contribution < -0.4 is 4.74 Å². The molecule has 1 aromatic rings. The molecule has 3 fully saturated rings. The van der Waals surface area contributed by atoms with Gasteiger partial charge in [-0.3, -0.25) is 4.90 Å². The summed E-state index contributed by atoms with van der Waals surface area (Å²) < 4.78 is 66.7. The number of ether oxygens (including phenoxy) is 2. The molecule has 0 N–H and O–H groups in total. The Morgan fingerprint density at radius 2 is 1.87 bits per heavy atom. The summed E-state index contributed by atoms with van der Waals surface area (Å²) in [5, 5.41) is 0. The zero-order chi connectivity index (χ0) is 22.2. The topological polar surface area (TPSA) is 38.8 Å². The van der Waals surface area contributed by atoms with Gasteiger partial charge < -0.3 is 9.47 Å². The zero-order valence-electron chi connectivity index (χ0n) is 17.8. The van der Waals surface area contributed by atoms with E-state index in [1.54, 1.807) is 0 Å². The third-order valence-electron chi connectivity index (χ3n) is 6.97. The van der Waals surface area contributed by atoms with E-state index in [4.69, 9.17) is 4.74 Å². The fraction of sp³-hybridized carbons (Fsp3) is 0.696. The maximum atomic E-state index is 14.5. The van der Waals surface area contributed by atoms with Gasteiger partial charge in [0.15, 0.2) is 0 Å². The van der Waals surface area contributed by atoms with Crippen LogP contribution in [0.5, 0.6) is 5.75 Å². The van der Waals surface area contributed by atoms with Crippen LogP contribution >= 0.6 is 0 Å². The molecule has 4 rings (SSSR count). The van der Waals surface area contributed by atoms with Gasteiger partial charge in [0, 0.05) is 19.2 Å². The van der Waals surface area contributed by atoms with Gasteiger partial charge in [0.1, 0.15) is 17.7 Å². The molecule has 31 heavy (non-hydrogen) atoms. The molecule has 0 aromatic heterocycles. The number of hydrogen-bond acceptors (Lipinski definition) is 4. The van der Waals surface area contributed by atoms with Crippen molar-refractivity contribution >= 4 is 5.97 Å². The fourth-order valence-corrected chi connectivity index (χ4v) is 5.10. The van der Waals surface area contributed by atoms with Gasteiger partial charge in [0.25, 0.3) is 0 Å². The highest BCUT2D eigenvalue weighted by Gasteiger charge is 2.56. The summed E-state index contributed by atoms with van der Waals surface area (Å²) in [5.41, 5.74) is -0.959. The molecule has 1 saturated heterocycles. The lowest BCUT2D eigenvalue weighted by Gasteiger charge is -2.40. The minimum Gasteiger partial charge on any atom is -0.489 e. The van der Waals surface area contributed by atoms with Crippen molar-refractivity contribution in [3.05, 3.63) is 29.1 Å². The molecule has 2 saturated carbocycles. The number of halogens is 4. The van der Waals surface area contributed by atoms with Gasteiger partial charge in [0.05, 0.1) is 18.1 Å². The number of methoxy groups -OCH3 is 1. The first-order valence-electron chi connectivity index (χ1n) is 11.1.